The maximum atomic E-state index is 12.8. The van der Waals surface area contributed by atoms with E-state index in [0.717, 1.165) is 5.56 Å². The third-order valence-corrected chi connectivity index (χ3v) is 5.63. The lowest BCUT2D eigenvalue weighted by Crippen LogP contribution is -2.07. The van der Waals surface area contributed by atoms with Gasteiger partial charge in [0.15, 0.2) is 0 Å². The van der Waals surface area contributed by atoms with Gasteiger partial charge in [0, 0.05) is 0 Å². The van der Waals surface area contributed by atoms with Gasteiger partial charge in [0.25, 0.3) is 0 Å². The van der Waals surface area contributed by atoms with E-state index in [2.05, 4.69) is 0 Å². The number of sulfone groups is 1. The standard InChI is InChI=1S/C16H18O4S/c1-9-5-11(3)16(14(18)6-9)21(19,20)15-8-13(17)7-10(2)12(15)4/h5-8,17-18H,1-4H3. The fourth-order valence-corrected chi connectivity index (χ4v) is 4.36. The molecule has 0 aliphatic heterocycles. The van der Waals surface area contributed by atoms with Crippen LogP contribution in [0, 0.1) is 27.7 Å². The second-order valence-corrected chi connectivity index (χ2v) is 7.17. The van der Waals surface area contributed by atoms with Crippen LogP contribution in [0.25, 0.3) is 0 Å². The predicted molar refractivity (Wildman–Crippen MR) is 80.6 cm³/mol. The summed E-state index contributed by atoms with van der Waals surface area (Å²) in [6, 6.07) is 5.86. The van der Waals surface area contributed by atoms with Gasteiger partial charge in [-0.25, -0.2) is 8.42 Å². The molecule has 112 valence electrons. The first-order valence-electron chi connectivity index (χ1n) is 6.50. The molecule has 5 heteroatoms. The summed E-state index contributed by atoms with van der Waals surface area (Å²) >= 11 is 0. The lowest BCUT2D eigenvalue weighted by molar-refractivity contribution is 0.456. The lowest BCUT2D eigenvalue weighted by atomic mass is 10.1. The summed E-state index contributed by atoms with van der Waals surface area (Å²) in [7, 11) is -3.90. The Morgan fingerprint density at radius 3 is 2.05 bits per heavy atom. The highest BCUT2D eigenvalue weighted by molar-refractivity contribution is 7.91. The zero-order valence-electron chi connectivity index (χ0n) is 12.4. The van der Waals surface area contributed by atoms with Crippen LogP contribution in [-0.4, -0.2) is 18.6 Å². The minimum atomic E-state index is -3.90. The van der Waals surface area contributed by atoms with Gasteiger partial charge in [-0.15, -0.1) is 0 Å². The van der Waals surface area contributed by atoms with Crippen LogP contribution in [0.2, 0.25) is 0 Å². The summed E-state index contributed by atoms with van der Waals surface area (Å²) in [5, 5.41) is 19.7. The third-order valence-electron chi connectivity index (χ3n) is 3.56. The summed E-state index contributed by atoms with van der Waals surface area (Å²) in [4.78, 5) is -0.0940. The maximum absolute atomic E-state index is 12.8. The number of benzene rings is 2. The van der Waals surface area contributed by atoms with Crippen molar-refractivity contribution in [1.29, 1.82) is 0 Å². The second-order valence-electron chi connectivity index (χ2n) is 5.32. The molecule has 0 saturated carbocycles. The first-order chi connectivity index (χ1) is 9.64. The predicted octanol–water partition coefficient (Wildman–Crippen LogP) is 3.16. The Morgan fingerprint density at radius 2 is 1.48 bits per heavy atom. The normalized spacial score (nSPS) is 11.6. The molecule has 0 amide bonds. The van der Waals surface area contributed by atoms with Gasteiger partial charge in [-0.3, -0.25) is 0 Å². The number of rotatable bonds is 2. The highest BCUT2D eigenvalue weighted by atomic mass is 32.2. The zero-order chi connectivity index (χ0) is 15.9. The van der Waals surface area contributed by atoms with Crippen molar-refractivity contribution in [2.45, 2.75) is 37.5 Å². The van der Waals surface area contributed by atoms with E-state index in [9.17, 15) is 18.6 Å². The van der Waals surface area contributed by atoms with Gasteiger partial charge in [-0.05, 0) is 68.1 Å². The van der Waals surface area contributed by atoms with Crippen LogP contribution in [0.4, 0.5) is 0 Å². The molecule has 0 aliphatic carbocycles. The number of phenolic OH excluding ortho intramolecular Hbond substituents is 2. The molecule has 0 atom stereocenters. The molecule has 0 fully saturated rings. The van der Waals surface area contributed by atoms with Crippen LogP contribution in [0.1, 0.15) is 22.3 Å². The van der Waals surface area contributed by atoms with E-state index >= 15 is 0 Å². The first-order valence-corrected chi connectivity index (χ1v) is 7.98. The van der Waals surface area contributed by atoms with Crippen molar-refractivity contribution in [2.24, 2.45) is 0 Å². The monoisotopic (exact) mass is 306 g/mol. The Hall–Kier alpha value is -2.01. The molecule has 0 saturated heterocycles. The molecule has 4 nitrogen and oxygen atoms in total. The molecule has 0 aliphatic rings. The summed E-state index contributed by atoms with van der Waals surface area (Å²) in [5.74, 6) is -0.381. The summed E-state index contributed by atoms with van der Waals surface area (Å²) in [5.41, 5.74) is 2.51. The molecule has 2 rings (SSSR count). The van der Waals surface area contributed by atoms with E-state index in [1.54, 1.807) is 33.8 Å². The van der Waals surface area contributed by atoms with Crippen molar-refractivity contribution in [3.05, 3.63) is 46.5 Å². The Balaban J connectivity index is 2.81. The van der Waals surface area contributed by atoms with Crippen molar-refractivity contribution in [3.8, 4) is 11.5 Å². The number of hydrogen-bond donors (Lipinski definition) is 2. The van der Waals surface area contributed by atoms with Gasteiger partial charge in [-0.1, -0.05) is 6.07 Å². The molecule has 2 N–H and O–H groups in total. The largest absolute Gasteiger partial charge is 0.508 e. The third kappa shape index (κ3) is 2.61. The minimum Gasteiger partial charge on any atom is -0.508 e. The lowest BCUT2D eigenvalue weighted by Gasteiger charge is -2.14. The van der Waals surface area contributed by atoms with Gasteiger partial charge in [0.2, 0.25) is 9.84 Å². The SMILES string of the molecule is Cc1cc(C)c(S(=O)(=O)c2cc(O)cc(C)c2C)c(O)c1. The average Bonchev–Trinajstić information content (AvgIpc) is 2.31. The smallest absolute Gasteiger partial charge is 0.210 e. The highest BCUT2D eigenvalue weighted by Gasteiger charge is 2.26. The molecule has 2 aromatic rings. The first kappa shape index (κ1) is 15.4. The fraction of sp³-hybridized carbons (Fsp3) is 0.250. The number of phenols is 2. The summed E-state index contributed by atoms with van der Waals surface area (Å²) in [6.07, 6.45) is 0. The van der Waals surface area contributed by atoms with Crippen LogP contribution in [0.5, 0.6) is 11.5 Å². The van der Waals surface area contributed by atoms with Crippen molar-refractivity contribution < 1.29 is 18.6 Å². The molecule has 0 heterocycles. The van der Waals surface area contributed by atoms with Crippen LogP contribution in [0.3, 0.4) is 0 Å². The van der Waals surface area contributed by atoms with Gasteiger partial charge in [0.1, 0.15) is 16.4 Å². The Bertz CT molecular complexity index is 797. The van der Waals surface area contributed by atoms with Gasteiger partial charge in [-0.2, -0.15) is 0 Å². The van der Waals surface area contributed by atoms with E-state index in [1.807, 2.05) is 0 Å². The molecular weight excluding hydrogens is 288 g/mol. The molecule has 0 radical (unpaired) electrons. The summed E-state index contributed by atoms with van der Waals surface area (Å²) in [6.45, 7) is 6.84. The number of hydrogen-bond acceptors (Lipinski definition) is 4. The van der Waals surface area contributed by atoms with Crippen LogP contribution < -0.4 is 0 Å². The van der Waals surface area contributed by atoms with Gasteiger partial charge >= 0.3 is 0 Å². The highest BCUT2D eigenvalue weighted by Crippen LogP contribution is 2.35. The Labute approximate surface area is 124 Å². The van der Waals surface area contributed by atoms with E-state index in [0.29, 0.717) is 16.7 Å². The topological polar surface area (TPSA) is 74.6 Å². The van der Waals surface area contributed by atoms with Crippen LogP contribution >= 0.6 is 0 Å². The molecule has 0 bridgehead atoms. The van der Waals surface area contributed by atoms with E-state index in [-0.39, 0.29) is 21.3 Å². The van der Waals surface area contributed by atoms with Gasteiger partial charge < -0.3 is 10.2 Å². The van der Waals surface area contributed by atoms with Crippen molar-refractivity contribution >= 4 is 9.84 Å². The van der Waals surface area contributed by atoms with Crippen molar-refractivity contribution in [2.75, 3.05) is 0 Å². The maximum Gasteiger partial charge on any atom is 0.210 e. The molecule has 21 heavy (non-hydrogen) atoms. The zero-order valence-corrected chi connectivity index (χ0v) is 13.2. The summed E-state index contributed by atoms with van der Waals surface area (Å²) < 4.78 is 25.7. The van der Waals surface area contributed by atoms with Gasteiger partial charge in [0.05, 0.1) is 4.90 Å². The van der Waals surface area contributed by atoms with Crippen LogP contribution in [0.15, 0.2) is 34.1 Å². The fourth-order valence-electron chi connectivity index (χ4n) is 2.48. The van der Waals surface area contributed by atoms with E-state index in [1.165, 1.54) is 18.2 Å². The Kier molecular flexibility index (Phi) is 3.72. The van der Waals surface area contributed by atoms with Crippen LogP contribution in [-0.2, 0) is 9.84 Å². The number of aromatic hydroxyl groups is 2. The molecule has 0 spiro atoms. The Morgan fingerprint density at radius 1 is 0.857 bits per heavy atom. The van der Waals surface area contributed by atoms with E-state index in [4.69, 9.17) is 0 Å². The molecular formula is C16H18O4S. The van der Waals surface area contributed by atoms with Crippen molar-refractivity contribution in [3.63, 3.8) is 0 Å². The molecule has 0 aromatic heterocycles. The second kappa shape index (κ2) is 5.07. The molecule has 2 aromatic carbocycles. The van der Waals surface area contributed by atoms with E-state index < -0.39 is 9.84 Å². The minimum absolute atomic E-state index is 0.0160. The molecule has 0 unspecified atom stereocenters. The van der Waals surface area contributed by atoms with Crippen molar-refractivity contribution in [1.82, 2.24) is 0 Å². The quantitative estimate of drug-likeness (QED) is 0.893. The number of aryl methyl sites for hydroxylation is 3. The average molecular weight is 306 g/mol.